The maximum absolute atomic E-state index is 12.3. The zero-order valence-electron chi connectivity index (χ0n) is 15.4. The van der Waals surface area contributed by atoms with E-state index in [0.29, 0.717) is 18.5 Å². The number of hydrogen-bond donors (Lipinski definition) is 3. The summed E-state index contributed by atoms with van der Waals surface area (Å²) in [4.78, 5) is 30.9. The molecule has 142 valence electrons. The Balaban J connectivity index is 1.43. The summed E-state index contributed by atoms with van der Waals surface area (Å²) < 4.78 is 0. The van der Waals surface area contributed by atoms with Gasteiger partial charge in [0.25, 0.3) is 5.91 Å². The van der Waals surface area contributed by atoms with Crippen molar-refractivity contribution >= 4 is 22.8 Å². The fraction of sp³-hybridized carbons (Fsp3) is 0.450. The van der Waals surface area contributed by atoms with Gasteiger partial charge in [-0.25, -0.2) is 9.78 Å². The van der Waals surface area contributed by atoms with Gasteiger partial charge in [-0.1, -0.05) is 25.1 Å². The van der Waals surface area contributed by atoms with Crippen LogP contribution in [-0.2, 0) is 11.3 Å². The predicted octanol–water partition coefficient (Wildman–Crippen LogP) is 2.14. The number of phenols is 1. The maximum atomic E-state index is 12.3. The molecule has 2 aromatic rings. The molecule has 2 fully saturated rings. The molecule has 3 heterocycles. The molecule has 1 aromatic carbocycles. The minimum absolute atomic E-state index is 0.138. The summed E-state index contributed by atoms with van der Waals surface area (Å²) >= 11 is 0. The van der Waals surface area contributed by atoms with E-state index >= 15 is 0 Å². The van der Waals surface area contributed by atoms with E-state index in [1.54, 1.807) is 6.07 Å². The van der Waals surface area contributed by atoms with Crippen molar-refractivity contribution in [1.82, 2.24) is 20.5 Å². The second-order valence-electron chi connectivity index (χ2n) is 7.44. The summed E-state index contributed by atoms with van der Waals surface area (Å²) in [5, 5.41) is 16.2. The third-order valence-corrected chi connectivity index (χ3v) is 5.95. The van der Waals surface area contributed by atoms with Crippen LogP contribution in [0, 0.1) is 5.92 Å². The Labute approximate surface area is 157 Å². The Hall–Kier alpha value is -2.67. The van der Waals surface area contributed by atoms with Crippen LogP contribution in [0.1, 0.15) is 31.9 Å². The average Bonchev–Trinajstić information content (AvgIpc) is 2.97. The van der Waals surface area contributed by atoms with E-state index < -0.39 is 5.54 Å². The number of aromatic hydroxyl groups is 1. The van der Waals surface area contributed by atoms with Gasteiger partial charge in [0.2, 0.25) is 0 Å². The van der Waals surface area contributed by atoms with Gasteiger partial charge in [0, 0.05) is 11.9 Å². The van der Waals surface area contributed by atoms with Crippen molar-refractivity contribution in [2.75, 3.05) is 13.1 Å². The van der Waals surface area contributed by atoms with Gasteiger partial charge in [0.15, 0.2) is 0 Å². The quantitative estimate of drug-likeness (QED) is 0.719. The van der Waals surface area contributed by atoms with Gasteiger partial charge in [-0.2, -0.15) is 0 Å². The number of nitrogens with zero attached hydrogens (tertiary/aromatic N) is 2. The third-order valence-electron chi connectivity index (χ3n) is 5.95. The number of imide groups is 1. The van der Waals surface area contributed by atoms with Crippen molar-refractivity contribution in [1.29, 1.82) is 0 Å². The summed E-state index contributed by atoms with van der Waals surface area (Å²) in [7, 11) is 0. The van der Waals surface area contributed by atoms with E-state index in [-0.39, 0.29) is 23.6 Å². The smallest absolute Gasteiger partial charge is 0.322 e. The zero-order valence-corrected chi connectivity index (χ0v) is 15.4. The first-order valence-electron chi connectivity index (χ1n) is 9.45. The highest BCUT2D eigenvalue weighted by molar-refractivity contribution is 6.07. The molecule has 7 nitrogen and oxygen atoms in total. The van der Waals surface area contributed by atoms with Crippen LogP contribution in [0.5, 0.6) is 5.75 Å². The molecule has 0 saturated carbocycles. The lowest BCUT2D eigenvalue weighted by Gasteiger charge is -2.40. The van der Waals surface area contributed by atoms with Gasteiger partial charge in [-0.15, -0.1) is 0 Å². The number of benzene rings is 1. The molecule has 2 aliphatic rings. The van der Waals surface area contributed by atoms with E-state index in [1.165, 1.54) is 0 Å². The van der Waals surface area contributed by atoms with Crippen LogP contribution in [0.4, 0.5) is 4.79 Å². The number of aromatic nitrogens is 1. The lowest BCUT2D eigenvalue weighted by Crippen LogP contribution is -2.55. The fourth-order valence-electron chi connectivity index (χ4n) is 4.40. The van der Waals surface area contributed by atoms with E-state index in [4.69, 9.17) is 0 Å². The summed E-state index contributed by atoms with van der Waals surface area (Å²) in [6.07, 6.45) is 2.29. The van der Waals surface area contributed by atoms with Gasteiger partial charge in [0.05, 0.1) is 5.69 Å². The lowest BCUT2D eigenvalue weighted by atomic mass is 9.76. The molecular weight excluding hydrogens is 344 g/mol. The summed E-state index contributed by atoms with van der Waals surface area (Å²) in [5.74, 6) is 0.139. The zero-order chi connectivity index (χ0) is 19.0. The number of likely N-dealkylation sites (tertiary alicyclic amines) is 1. The first-order valence-corrected chi connectivity index (χ1v) is 9.45. The Morgan fingerprint density at radius 1 is 1.22 bits per heavy atom. The van der Waals surface area contributed by atoms with Crippen LogP contribution in [0.3, 0.4) is 0 Å². The minimum atomic E-state index is -0.768. The van der Waals surface area contributed by atoms with Gasteiger partial charge in [-0.05, 0) is 50.4 Å². The first-order chi connectivity index (χ1) is 13.0. The number of para-hydroxylation sites is 1. The SMILES string of the molecule is CCC1(C2CCN(Cc3ccc4cccc(O)c4n3)CC2)NC(=O)NC1=O. The van der Waals surface area contributed by atoms with Crippen molar-refractivity contribution in [2.45, 2.75) is 38.3 Å². The Bertz CT molecular complexity index is 892. The fourth-order valence-corrected chi connectivity index (χ4v) is 4.40. The number of nitrogens with one attached hydrogen (secondary N) is 2. The number of phenolic OH excluding ortho intramolecular Hbond substituents is 1. The van der Waals surface area contributed by atoms with E-state index in [1.807, 2.05) is 31.2 Å². The molecule has 1 unspecified atom stereocenters. The van der Waals surface area contributed by atoms with Crippen LogP contribution in [0.2, 0.25) is 0 Å². The molecule has 7 heteroatoms. The number of urea groups is 1. The Morgan fingerprint density at radius 3 is 2.67 bits per heavy atom. The third kappa shape index (κ3) is 3.12. The molecule has 1 aromatic heterocycles. The standard InChI is InChI=1S/C20H24N4O3/c1-2-20(18(26)22-19(27)23-20)14-8-10-24(11-9-14)12-15-7-6-13-4-3-5-16(25)17(13)21-15/h3-7,14,25H,2,8-12H2,1H3,(H2,22,23,26,27). The van der Waals surface area contributed by atoms with Gasteiger partial charge >= 0.3 is 6.03 Å². The van der Waals surface area contributed by atoms with Crippen molar-refractivity contribution < 1.29 is 14.7 Å². The lowest BCUT2D eigenvalue weighted by molar-refractivity contribution is -0.126. The van der Waals surface area contributed by atoms with Crippen LogP contribution in [-0.4, -0.2) is 45.6 Å². The molecule has 3 N–H and O–H groups in total. The van der Waals surface area contributed by atoms with Crippen LogP contribution < -0.4 is 10.6 Å². The molecule has 0 bridgehead atoms. The van der Waals surface area contributed by atoms with Crippen molar-refractivity contribution in [3.8, 4) is 5.75 Å². The van der Waals surface area contributed by atoms with Crippen molar-refractivity contribution in [2.24, 2.45) is 5.92 Å². The second kappa shape index (κ2) is 6.81. The average molecular weight is 368 g/mol. The van der Waals surface area contributed by atoms with Crippen molar-refractivity contribution in [3.05, 3.63) is 36.0 Å². The van der Waals surface area contributed by atoms with Gasteiger partial charge < -0.3 is 10.4 Å². The molecule has 4 rings (SSSR count). The Kier molecular flexibility index (Phi) is 4.47. The number of pyridine rings is 1. The van der Waals surface area contributed by atoms with E-state index in [9.17, 15) is 14.7 Å². The molecular formula is C20H24N4O3. The van der Waals surface area contributed by atoms with E-state index in [0.717, 1.165) is 37.0 Å². The highest BCUT2D eigenvalue weighted by atomic mass is 16.3. The molecule has 2 saturated heterocycles. The molecule has 0 aliphatic carbocycles. The monoisotopic (exact) mass is 368 g/mol. The highest BCUT2D eigenvalue weighted by Gasteiger charge is 2.50. The predicted molar refractivity (Wildman–Crippen MR) is 101 cm³/mol. The van der Waals surface area contributed by atoms with Crippen molar-refractivity contribution in [3.63, 3.8) is 0 Å². The van der Waals surface area contributed by atoms with E-state index in [2.05, 4.69) is 20.5 Å². The number of piperidine rings is 1. The number of amides is 3. The molecule has 0 radical (unpaired) electrons. The summed E-state index contributed by atoms with van der Waals surface area (Å²) in [6.45, 7) is 4.34. The molecule has 0 spiro atoms. The normalized spacial score (nSPS) is 24.2. The molecule has 1 atom stereocenters. The van der Waals surface area contributed by atoms with Gasteiger partial charge in [0.1, 0.15) is 16.8 Å². The number of fused-ring (bicyclic) bond motifs is 1. The number of carbonyl (C=O) groups excluding carboxylic acids is 2. The first kappa shape index (κ1) is 17.7. The molecule has 27 heavy (non-hydrogen) atoms. The number of hydrogen-bond acceptors (Lipinski definition) is 5. The number of rotatable bonds is 4. The summed E-state index contributed by atoms with van der Waals surface area (Å²) in [6, 6.07) is 8.98. The Morgan fingerprint density at radius 2 is 2.00 bits per heavy atom. The topological polar surface area (TPSA) is 94.6 Å². The molecule has 3 amide bonds. The van der Waals surface area contributed by atoms with Crippen LogP contribution >= 0.6 is 0 Å². The van der Waals surface area contributed by atoms with Crippen LogP contribution in [0.25, 0.3) is 10.9 Å². The number of carbonyl (C=O) groups is 2. The highest BCUT2D eigenvalue weighted by Crippen LogP contribution is 2.34. The van der Waals surface area contributed by atoms with Gasteiger partial charge in [-0.3, -0.25) is 15.0 Å². The second-order valence-corrected chi connectivity index (χ2v) is 7.44. The minimum Gasteiger partial charge on any atom is -0.506 e. The maximum Gasteiger partial charge on any atom is 0.322 e. The molecule has 2 aliphatic heterocycles. The van der Waals surface area contributed by atoms with Crippen LogP contribution in [0.15, 0.2) is 30.3 Å². The largest absolute Gasteiger partial charge is 0.506 e. The summed E-state index contributed by atoms with van der Waals surface area (Å²) in [5.41, 5.74) is 0.774.